The van der Waals surface area contributed by atoms with Crippen molar-refractivity contribution < 1.29 is 19.1 Å². The fourth-order valence-corrected chi connectivity index (χ4v) is 4.27. The second kappa shape index (κ2) is 29.1. The summed E-state index contributed by atoms with van der Waals surface area (Å²) in [4.78, 5) is 23.5. The van der Waals surface area contributed by atoms with Crippen LogP contribution in [0.4, 0.5) is 0 Å². The van der Waals surface area contributed by atoms with Crippen LogP contribution in [0.25, 0.3) is 0 Å². The summed E-state index contributed by atoms with van der Waals surface area (Å²) < 4.78 is 10.5. The van der Waals surface area contributed by atoms with E-state index in [1.165, 1.54) is 116 Å². The molecule has 0 aromatic carbocycles. The standard InChI is InChI=1S/C30H59NO4/c1-3-5-7-9-11-13-15-17-19-21-23-25-34-29(32)27-31-28-30(33)35-26-24-22-20-18-16-14-12-10-8-6-4-2/h31H,3-28H2,1-2H3. The maximum atomic E-state index is 11.7. The summed E-state index contributed by atoms with van der Waals surface area (Å²) in [5.74, 6) is -0.592. The Balaban J connectivity index is 3.28. The molecule has 35 heavy (non-hydrogen) atoms. The maximum Gasteiger partial charge on any atom is 0.319 e. The van der Waals surface area contributed by atoms with Gasteiger partial charge < -0.3 is 9.47 Å². The molecule has 0 rings (SSSR count). The highest BCUT2D eigenvalue weighted by Gasteiger charge is 2.06. The molecule has 1 N–H and O–H groups in total. The normalized spacial score (nSPS) is 11.0. The lowest BCUT2D eigenvalue weighted by atomic mass is 10.1. The summed E-state index contributed by atoms with van der Waals surface area (Å²) >= 11 is 0. The Labute approximate surface area is 217 Å². The molecule has 0 aliphatic heterocycles. The number of rotatable bonds is 28. The third-order valence-electron chi connectivity index (χ3n) is 6.56. The summed E-state index contributed by atoms with van der Waals surface area (Å²) in [6, 6.07) is 0. The fraction of sp³-hybridized carbons (Fsp3) is 0.933. The number of nitrogens with one attached hydrogen (secondary N) is 1. The molecule has 0 aromatic heterocycles. The maximum absolute atomic E-state index is 11.7. The molecule has 0 aliphatic carbocycles. The Morgan fingerprint density at radius 2 is 0.686 bits per heavy atom. The Morgan fingerprint density at radius 3 is 0.971 bits per heavy atom. The van der Waals surface area contributed by atoms with Gasteiger partial charge in [-0.25, -0.2) is 0 Å². The largest absolute Gasteiger partial charge is 0.465 e. The summed E-state index contributed by atoms with van der Waals surface area (Å²) in [6.07, 6.45) is 28.1. The van der Waals surface area contributed by atoms with E-state index in [-0.39, 0.29) is 25.0 Å². The molecule has 0 saturated heterocycles. The lowest BCUT2D eigenvalue weighted by molar-refractivity contribution is -0.144. The minimum absolute atomic E-state index is 0.0611. The summed E-state index contributed by atoms with van der Waals surface area (Å²) in [5.41, 5.74) is 0. The van der Waals surface area contributed by atoms with E-state index in [0.717, 1.165) is 25.7 Å². The van der Waals surface area contributed by atoms with Gasteiger partial charge in [-0.2, -0.15) is 0 Å². The predicted octanol–water partition coefficient (Wildman–Crippen LogP) is 8.28. The zero-order chi connectivity index (χ0) is 25.7. The average molecular weight is 498 g/mol. The summed E-state index contributed by atoms with van der Waals surface area (Å²) in [5, 5.41) is 2.82. The molecule has 0 saturated carbocycles. The highest BCUT2D eigenvalue weighted by atomic mass is 16.5. The molecule has 0 fully saturated rings. The van der Waals surface area contributed by atoms with Gasteiger partial charge in [0.25, 0.3) is 0 Å². The van der Waals surface area contributed by atoms with E-state index in [1.54, 1.807) is 0 Å². The van der Waals surface area contributed by atoms with Gasteiger partial charge in [0, 0.05) is 0 Å². The van der Waals surface area contributed by atoms with Crippen LogP contribution in [0.5, 0.6) is 0 Å². The molecule has 5 heteroatoms. The molecule has 208 valence electrons. The van der Waals surface area contributed by atoms with Crippen molar-refractivity contribution >= 4 is 11.9 Å². The summed E-state index contributed by atoms with van der Waals surface area (Å²) in [7, 11) is 0. The van der Waals surface area contributed by atoms with Crippen molar-refractivity contribution in [2.75, 3.05) is 26.3 Å². The van der Waals surface area contributed by atoms with Gasteiger partial charge >= 0.3 is 11.9 Å². The molecule has 0 aliphatic rings. The first-order valence-corrected chi connectivity index (χ1v) is 15.2. The molecule has 0 heterocycles. The molecule has 0 atom stereocenters. The van der Waals surface area contributed by atoms with Crippen molar-refractivity contribution in [3.8, 4) is 0 Å². The first-order valence-electron chi connectivity index (χ1n) is 15.2. The number of hydrogen-bond donors (Lipinski definition) is 1. The molecular weight excluding hydrogens is 438 g/mol. The number of esters is 2. The number of carbonyl (C=O) groups excluding carboxylic acids is 2. The van der Waals surface area contributed by atoms with Crippen LogP contribution < -0.4 is 5.32 Å². The van der Waals surface area contributed by atoms with Gasteiger partial charge in [0.2, 0.25) is 0 Å². The zero-order valence-corrected chi connectivity index (χ0v) is 23.5. The van der Waals surface area contributed by atoms with E-state index in [0.29, 0.717) is 13.2 Å². The molecule has 0 radical (unpaired) electrons. The third kappa shape index (κ3) is 29.0. The van der Waals surface area contributed by atoms with Gasteiger partial charge in [0.05, 0.1) is 26.3 Å². The monoisotopic (exact) mass is 497 g/mol. The summed E-state index contributed by atoms with van der Waals surface area (Å²) in [6.45, 7) is 5.58. The Bertz CT molecular complexity index is 416. The van der Waals surface area contributed by atoms with Crippen LogP contribution in [0.15, 0.2) is 0 Å². The van der Waals surface area contributed by atoms with Crippen LogP contribution in [-0.2, 0) is 19.1 Å². The first-order chi connectivity index (χ1) is 17.2. The van der Waals surface area contributed by atoms with Crippen molar-refractivity contribution in [2.45, 2.75) is 155 Å². The lowest BCUT2D eigenvalue weighted by Crippen LogP contribution is -2.31. The molecule has 5 nitrogen and oxygen atoms in total. The smallest absolute Gasteiger partial charge is 0.319 e. The Kier molecular flexibility index (Phi) is 28.2. The SMILES string of the molecule is CCCCCCCCCCCCCOC(=O)CNCC(=O)OCCCCCCCCCCCCC. The highest BCUT2D eigenvalue weighted by Crippen LogP contribution is 2.12. The van der Waals surface area contributed by atoms with Gasteiger partial charge in [-0.3, -0.25) is 14.9 Å². The Morgan fingerprint density at radius 1 is 0.429 bits per heavy atom. The van der Waals surface area contributed by atoms with Gasteiger partial charge in [0.1, 0.15) is 0 Å². The van der Waals surface area contributed by atoms with Gasteiger partial charge in [-0.15, -0.1) is 0 Å². The van der Waals surface area contributed by atoms with Crippen molar-refractivity contribution in [3.05, 3.63) is 0 Å². The van der Waals surface area contributed by atoms with Crippen LogP contribution in [0.1, 0.15) is 155 Å². The second-order valence-electron chi connectivity index (χ2n) is 10.1. The number of hydrogen-bond acceptors (Lipinski definition) is 5. The average Bonchev–Trinajstić information content (AvgIpc) is 2.85. The van der Waals surface area contributed by atoms with E-state index >= 15 is 0 Å². The molecule has 0 amide bonds. The fourth-order valence-electron chi connectivity index (χ4n) is 4.27. The second-order valence-corrected chi connectivity index (χ2v) is 10.1. The first kappa shape index (κ1) is 33.9. The van der Waals surface area contributed by atoms with E-state index in [4.69, 9.17) is 9.47 Å². The minimum Gasteiger partial charge on any atom is -0.465 e. The van der Waals surface area contributed by atoms with Crippen molar-refractivity contribution in [1.82, 2.24) is 5.32 Å². The van der Waals surface area contributed by atoms with Crippen LogP contribution in [0, 0.1) is 0 Å². The molecule has 0 unspecified atom stereocenters. The molecule has 0 bridgehead atoms. The Hall–Kier alpha value is -1.10. The van der Waals surface area contributed by atoms with E-state index < -0.39 is 0 Å². The van der Waals surface area contributed by atoms with Crippen molar-refractivity contribution in [2.24, 2.45) is 0 Å². The highest BCUT2D eigenvalue weighted by molar-refractivity contribution is 5.74. The van der Waals surface area contributed by atoms with Gasteiger partial charge in [-0.1, -0.05) is 142 Å². The molecular formula is C30H59NO4. The van der Waals surface area contributed by atoms with Gasteiger partial charge in [-0.05, 0) is 12.8 Å². The van der Waals surface area contributed by atoms with Crippen LogP contribution >= 0.6 is 0 Å². The molecule has 0 aromatic rings. The lowest BCUT2D eigenvalue weighted by Gasteiger charge is -2.07. The zero-order valence-electron chi connectivity index (χ0n) is 23.5. The van der Waals surface area contributed by atoms with Crippen LogP contribution in [-0.4, -0.2) is 38.2 Å². The quantitative estimate of drug-likeness (QED) is 0.0870. The van der Waals surface area contributed by atoms with E-state index in [2.05, 4.69) is 19.2 Å². The van der Waals surface area contributed by atoms with Gasteiger partial charge in [0.15, 0.2) is 0 Å². The van der Waals surface area contributed by atoms with E-state index in [1.807, 2.05) is 0 Å². The van der Waals surface area contributed by atoms with Crippen molar-refractivity contribution in [3.63, 3.8) is 0 Å². The third-order valence-corrected chi connectivity index (χ3v) is 6.56. The topological polar surface area (TPSA) is 64.6 Å². The van der Waals surface area contributed by atoms with Crippen LogP contribution in [0.3, 0.4) is 0 Å². The number of ether oxygens (including phenoxy) is 2. The predicted molar refractivity (Wildman–Crippen MR) is 148 cm³/mol. The van der Waals surface area contributed by atoms with E-state index in [9.17, 15) is 9.59 Å². The van der Waals surface area contributed by atoms with Crippen molar-refractivity contribution in [1.29, 1.82) is 0 Å². The minimum atomic E-state index is -0.296. The molecule has 0 spiro atoms. The number of carbonyl (C=O) groups is 2. The van der Waals surface area contributed by atoms with Crippen LogP contribution in [0.2, 0.25) is 0 Å². The number of unbranched alkanes of at least 4 members (excludes halogenated alkanes) is 20.